The van der Waals surface area contributed by atoms with Gasteiger partial charge in [0.25, 0.3) is 0 Å². The minimum atomic E-state index is 0.119. The third-order valence-electron chi connectivity index (χ3n) is 4.05. The molecular formula is C19H33N5O. The van der Waals surface area contributed by atoms with Gasteiger partial charge in [-0.15, -0.1) is 0 Å². The largest absolute Gasteiger partial charge is 0.378 e. The second-order valence-electron chi connectivity index (χ2n) is 6.15. The molecule has 0 radical (unpaired) electrons. The molecule has 6 nitrogen and oxygen atoms in total. The van der Waals surface area contributed by atoms with E-state index in [1.165, 1.54) is 5.69 Å². The maximum atomic E-state index is 12.3. The third-order valence-corrected chi connectivity index (χ3v) is 4.05. The molecule has 0 saturated carbocycles. The molecule has 0 aliphatic carbocycles. The van der Waals surface area contributed by atoms with Crippen molar-refractivity contribution in [1.82, 2.24) is 15.1 Å². The molecule has 0 unspecified atom stereocenters. The Hall–Kier alpha value is -2.24. The Morgan fingerprint density at radius 1 is 1.04 bits per heavy atom. The number of benzene rings is 1. The van der Waals surface area contributed by atoms with Gasteiger partial charge in [-0.05, 0) is 38.5 Å². The first-order chi connectivity index (χ1) is 11.9. The van der Waals surface area contributed by atoms with Crippen molar-refractivity contribution in [3.8, 4) is 0 Å². The standard InChI is InChI=1S/C19H33N5O/c1-7-20-19(23(6)15-18(25)24(8-2)9-3)21-14-16-10-12-17(13-11-16)22(4)5/h10-13H,7-9,14-15H2,1-6H3,(H,20,21). The molecule has 0 aliphatic rings. The number of amides is 1. The molecule has 0 heterocycles. The Kier molecular flexibility index (Phi) is 8.81. The van der Waals surface area contributed by atoms with Gasteiger partial charge in [-0.25, -0.2) is 4.99 Å². The van der Waals surface area contributed by atoms with E-state index in [0.717, 1.165) is 31.2 Å². The lowest BCUT2D eigenvalue weighted by Gasteiger charge is -2.25. The zero-order valence-electron chi connectivity index (χ0n) is 16.5. The number of carbonyl (C=O) groups is 1. The molecule has 0 bridgehead atoms. The van der Waals surface area contributed by atoms with Crippen molar-refractivity contribution in [2.45, 2.75) is 27.3 Å². The number of aliphatic imine (C=N–C) groups is 1. The van der Waals surface area contributed by atoms with E-state index in [2.05, 4.69) is 39.5 Å². The Bertz CT molecular complexity index is 549. The number of hydrogen-bond donors (Lipinski definition) is 1. The number of nitrogens with one attached hydrogen (secondary N) is 1. The van der Waals surface area contributed by atoms with E-state index < -0.39 is 0 Å². The second-order valence-corrected chi connectivity index (χ2v) is 6.15. The molecule has 1 amide bonds. The number of anilines is 1. The molecule has 1 N–H and O–H groups in total. The van der Waals surface area contributed by atoms with Crippen LogP contribution in [0.4, 0.5) is 5.69 Å². The molecule has 25 heavy (non-hydrogen) atoms. The summed E-state index contributed by atoms with van der Waals surface area (Å²) >= 11 is 0. The van der Waals surface area contributed by atoms with Gasteiger partial charge < -0.3 is 20.0 Å². The maximum absolute atomic E-state index is 12.3. The molecule has 0 atom stereocenters. The van der Waals surface area contributed by atoms with E-state index in [1.54, 1.807) is 0 Å². The zero-order chi connectivity index (χ0) is 18.8. The summed E-state index contributed by atoms with van der Waals surface area (Å²) in [6.07, 6.45) is 0. The van der Waals surface area contributed by atoms with Crippen molar-refractivity contribution in [2.24, 2.45) is 4.99 Å². The van der Waals surface area contributed by atoms with Crippen molar-refractivity contribution in [2.75, 3.05) is 52.2 Å². The molecule has 0 fully saturated rings. The summed E-state index contributed by atoms with van der Waals surface area (Å²) in [5.41, 5.74) is 2.31. The van der Waals surface area contributed by atoms with Crippen LogP contribution in [0.15, 0.2) is 29.3 Å². The molecule has 1 rings (SSSR count). The van der Waals surface area contributed by atoms with Gasteiger partial charge in [0.1, 0.15) is 0 Å². The molecule has 1 aromatic carbocycles. The first-order valence-electron chi connectivity index (χ1n) is 8.96. The van der Waals surface area contributed by atoms with Gasteiger partial charge in [0.2, 0.25) is 5.91 Å². The minimum Gasteiger partial charge on any atom is -0.378 e. The van der Waals surface area contributed by atoms with Crippen LogP contribution in [0.1, 0.15) is 26.3 Å². The van der Waals surface area contributed by atoms with Crippen molar-refractivity contribution in [1.29, 1.82) is 0 Å². The average Bonchev–Trinajstić information content (AvgIpc) is 2.59. The molecule has 1 aromatic rings. The maximum Gasteiger partial charge on any atom is 0.242 e. The first-order valence-corrected chi connectivity index (χ1v) is 8.96. The third kappa shape index (κ3) is 6.64. The van der Waals surface area contributed by atoms with Crippen molar-refractivity contribution < 1.29 is 4.79 Å². The number of likely N-dealkylation sites (N-methyl/N-ethyl adjacent to an activating group) is 2. The molecule has 0 spiro atoms. The zero-order valence-corrected chi connectivity index (χ0v) is 16.5. The lowest BCUT2D eigenvalue weighted by Crippen LogP contribution is -2.45. The van der Waals surface area contributed by atoms with Crippen LogP contribution >= 0.6 is 0 Å². The number of carbonyl (C=O) groups excluding carboxylic acids is 1. The fourth-order valence-corrected chi connectivity index (χ4v) is 2.49. The van der Waals surface area contributed by atoms with E-state index in [9.17, 15) is 4.79 Å². The van der Waals surface area contributed by atoms with Gasteiger partial charge in [-0.3, -0.25) is 4.79 Å². The van der Waals surface area contributed by atoms with E-state index >= 15 is 0 Å². The molecule has 6 heteroatoms. The number of nitrogens with zero attached hydrogens (tertiary/aromatic N) is 4. The van der Waals surface area contributed by atoms with Crippen LogP contribution in [-0.4, -0.2) is 69.0 Å². The van der Waals surface area contributed by atoms with Gasteiger partial charge >= 0.3 is 0 Å². The molecule has 0 saturated heterocycles. The summed E-state index contributed by atoms with van der Waals surface area (Å²) in [5.74, 6) is 0.869. The van der Waals surface area contributed by atoms with E-state index in [-0.39, 0.29) is 5.91 Å². The van der Waals surface area contributed by atoms with Crippen LogP contribution in [0.25, 0.3) is 0 Å². The van der Waals surface area contributed by atoms with Gasteiger partial charge in [0.15, 0.2) is 5.96 Å². The number of hydrogen-bond acceptors (Lipinski definition) is 3. The summed E-state index contributed by atoms with van der Waals surface area (Å²) in [5, 5.41) is 3.26. The number of rotatable bonds is 8. The monoisotopic (exact) mass is 347 g/mol. The van der Waals surface area contributed by atoms with Gasteiger partial charge in [0, 0.05) is 46.5 Å². The molecule has 0 aromatic heterocycles. The lowest BCUT2D eigenvalue weighted by atomic mass is 10.2. The highest BCUT2D eigenvalue weighted by Crippen LogP contribution is 2.12. The smallest absolute Gasteiger partial charge is 0.242 e. The van der Waals surface area contributed by atoms with E-state index in [0.29, 0.717) is 13.1 Å². The van der Waals surface area contributed by atoms with Crippen molar-refractivity contribution in [3.63, 3.8) is 0 Å². The Balaban J connectivity index is 2.76. The van der Waals surface area contributed by atoms with E-state index in [1.807, 2.05) is 51.7 Å². The topological polar surface area (TPSA) is 51.2 Å². The summed E-state index contributed by atoms with van der Waals surface area (Å²) in [7, 11) is 5.95. The number of guanidine groups is 1. The van der Waals surface area contributed by atoms with Gasteiger partial charge in [-0.1, -0.05) is 12.1 Å². The fraction of sp³-hybridized carbons (Fsp3) is 0.579. The van der Waals surface area contributed by atoms with Crippen LogP contribution < -0.4 is 10.2 Å². The first kappa shape index (κ1) is 20.8. The fourth-order valence-electron chi connectivity index (χ4n) is 2.49. The Labute approximate surface area is 152 Å². The van der Waals surface area contributed by atoms with Crippen LogP contribution in [0, 0.1) is 0 Å². The molecular weight excluding hydrogens is 314 g/mol. The highest BCUT2D eigenvalue weighted by Gasteiger charge is 2.14. The van der Waals surface area contributed by atoms with E-state index in [4.69, 9.17) is 0 Å². The van der Waals surface area contributed by atoms with Crippen LogP contribution in [-0.2, 0) is 11.3 Å². The van der Waals surface area contributed by atoms with Crippen LogP contribution in [0.2, 0.25) is 0 Å². The highest BCUT2D eigenvalue weighted by atomic mass is 16.2. The normalized spacial score (nSPS) is 11.2. The summed E-state index contributed by atoms with van der Waals surface area (Å²) < 4.78 is 0. The SMILES string of the molecule is CCNC(=NCc1ccc(N(C)C)cc1)N(C)CC(=O)N(CC)CC. The Morgan fingerprint density at radius 2 is 1.64 bits per heavy atom. The predicted octanol–water partition coefficient (Wildman–Crippen LogP) is 2.02. The summed E-state index contributed by atoms with van der Waals surface area (Å²) in [6.45, 7) is 9.16. The Morgan fingerprint density at radius 3 is 2.12 bits per heavy atom. The molecule has 0 aliphatic heterocycles. The van der Waals surface area contributed by atoms with Crippen molar-refractivity contribution in [3.05, 3.63) is 29.8 Å². The van der Waals surface area contributed by atoms with Gasteiger partial charge in [0.05, 0.1) is 13.1 Å². The minimum absolute atomic E-state index is 0.119. The van der Waals surface area contributed by atoms with Crippen LogP contribution in [0.5, 0.6) is 0 Å². The summed E-state index contributed by atoms with van der Waals surface area (Å²) in [4.78, 5) is 22.8. The lowest BCUT2D eigenvalue weighted by molar-refractivity contribution is -0.131. The summed E-state index contributed by atoms with van der Waals surface area (Å²) in [6, 6.07) is 8.35. The predicted molar refractivity (Wildman–Crippen MR) is 106 cm³/mol. The second kappa shape index (κ2) is 10.6. The highest BCUT2D eigenvalue weighted by molar-refractivity contribution is 5.86. The van der Waals surface area contributed by atoms with Gasteiger partial charge in [-0.2, -0.15) is 0 Å². The quantitative estimate of drug-likeness (QED) is 0.577. The average molecular weight is 348 g/mol. The van der Waals surface area contributed by atoms with Crippen LogP contribution in [0.3, 0.4) is 0 Å². The molecule has 140 valence electrons. The van der Waals surface area contributed by atoms with Crippen molar-refractivity contribution >= 4 is 17.6 Å².